The number of hydrogen-bond donors (Lipinski definition) is 1. The summed E-state index contributed by atoms with van der Waals surface area (Å²) >= 11 is 0. The second-order valence-electron chi connectivity index (χ2n) is 4.91. The van der Waals surface area contributed by atoms with Gasteiger partial charge in [-0.1, -0.05) is 24.3 Å². The molecule has 2 rings (SSSR count). The zero-order chi connectivity index (χ0) is 13.0. The molecule has 18 heavy (non-hydrogen) atoms. The first-order valence-electron chi connectivity index (χ1n) is 6.79. The van der Waals surface area contributed by atoms with E-state index in [4.69, 9.17) is 15.2 Å². The van der Waals surface area contributed by atoms with Gasteiger partial charge in [0.25, 0.3) is 0 Å². The van der Waals surface area contributed by atoms with Crippen molar-refractivity contribution >= 4 is 0 Å². The van der Waals surface area contributed by atoms with Crippen molar-refractivity contribution in [3.8, 4) is 0 Å². The SMILES string of the molecule is CCOCC(C)OC1CCc2ccccc2C1N. The molecule has 0 saturated heterocycles. The van der Waals surface area contributed by atoms with Crippen molar-refractivity contribution in [2.75, 3.05) is 13.2 Å². The van der Waals surface area contributed by atoms with E-state index < -0.39 is 0 Å². The Kier molecular flexibility index (Phi) is 4.75. The maximum Gasteiger partial charge on any atom is 0.0785 e. The zero-order valence-electron chi connectivity index (χ0n) is 11.3. The van der Waals surface area contributed by atoms with Gasteiger partial charge < -0.3 is 15.2 Å². The fraction of sp³-hybridized carbons (Fsp3) is 0.600. The molecule has 100 valence electrons. The summed E-state index contributed by atoms with van der Waals surface area (Å²) < 4.78 is 11.4. The molecule has 0 saturated carbocycles. The number of nitrogens with two attached hydrogens (primary N) is 1. The van der Waals surface area contributed by atoms with Gasteiger partial charge in [0.05, 0.1) is 24.9 Å². The lowest BCUT2D eigenvalue weighted by atomic mass is 9.86. The highest BCUT2D eigenvalue weighted by Crippen LogP contribution is 2.30. The highest BCUT2D eigenvalue weighted by molar-refractivity contribution is 5.33. The summed E-state index contributed by atoms with van der Waals surface area (Å²) in [7, 11) is 0. The second-order valence-corrected chi connectivity index (χ2v) is 4.91. The van der Waals surface area contributed by atoms with E-state index in [0.717, 1.165) is 19.4 Å². The minimum atomic E-state index is -0.0148. The van der Waals surface area contributed by atoms with Crippen LogP contribution in [0.5, 0.6) is 0 Å². The standard InChI is InChI=1S/C15H23NO2/c1-3-17-10-11(2)18-14-9-8-12-6-4-5-7-13(12)15(14)16/h4-7,11,14-15H,3,8-10,16H2,1-2H3. The van der Waals surface area contributed by atoms with Gasteiger partial charge in [0.1, 0.15) is 0 Å². The van der Waals surface area contributed by atoms with Crippen molar-refractivity contribution < 1.29 is 9.47 Å². The van der Waals surface area contributed by atoms with Crippen LogP contribution in [0.25, 0.3) is 0 Å². The largest absolute Gasteiger partial charge is 0.379 e. The zero-order valence-corrected chi connectivity index (χ0v) is 11.3. The van der Waals surface area contributed by atoms with Gasteiger partial charge in [0, 0.05) is 6.61 Å². The highest BCUT2D eigenvalue weighted by Gasteiger charge is 2.28. The van der Waals surface area contributed by atoms with E-state index in [1.54, 1.807) is 0 Å². The lowest BCUT2D eigenvalue weighted by Gasteiger charge is -2.32. The highest BCUT2D eigenvalue weighted by atomic mass is 16.5. The molecule has 3 heteroatoms. The summed E-state index contributed by atoms with van der Waals surface area (Å²) in [4.78, 5) is 0. The van der Waals surface area contributed by atoms with Crippen molar-refractivity contribution in [3.05, 3.63) is 35.4 Å². The summed E-state index contributed by atoms with van der Waals surface area (Å²) in [6, 6.07) is 8.38. The summed E-state index contributed by atoms with van der Waals surface area (Å²) in [5.41, 5.74) is 8.90. The Hall–Kier alpha value is -0.900. The summed E-state index contributed by atoms with van der Waals surface area (Å²) in [6.45, 7) is 5.41. The first-order valence-corrected chi connectivity index (χ1v) is 6.79. The van der Waals surface area contributed by atoms with Crippen LogP contribution in [-0.4, -0.2) is 25.4 Å². The number of benzene rings is 1. The van der Waals surface area contributed by atoms with Gasteiger partial charge in [0.2, 0.25) is 0 Å². The Morgan fingerprint density at radius 2 is 2.17 bits per heavy atom. The summed E-state index contributed by atoms with van der Waals surface area (Å²) in [5.74, 6) is 0. The van der Waals surface area contributed by atoms with Crippen LogP contribution in [-0.2, 0) is 15.9 Å². The molecule has 0 radical (unpaired) electrons. The molecule has 0 amide bonds. The first kappa shape index (κ1) is 13.5. The van der Waals surface area contributed by atoms with E-state index in [1.807, 2.05) is 19.9 Å². The van der Waals surface area contributed by atoms with Gasteiger partial charge in [-0.05, 0) is 37.8 Å². The quantitative estimate of drug-likeness (QED) is 0.871. The molecule has 3 nitrogen and oxygen atoms in total. The lowest BCUT2D eigenvalue weighted by molar-refractivity contribution is -0.0607. The minimum Gasteiger partial charge on any atom is -0.379 e. The van der Waals surface area contributed by atoms with Crippen LogP contribution >= 0.6 is 0 Å². The van der Waals surface area contributed by atoms with Crippen molar-refractivity contribution in [1.29, 1.82) is 0 Å². The summed E-state index contributed by atoms with van der Waals surface area (Å²) in [5, 5.41) is 0. The Balaban J connectivity index is 1.96. The van der Waals surface area contributed by atoms with Crippen LogP contribution in [0.4, 0.5) is 0 Å². The smallest absolute Gasteiger partial charge is 0.0785 e. The Morgan fingerprint density at radius 3 is 2.94 bits per heavy atom. The molecule has 1 aromatic carbocycles. The van der Waals surface area contributed by atoms with Crippen LogP contribution in [0.1, 0.15) is 37.4 Å². The molecule has 3 atom stereocenters. The predicted molar refractivity (Wildman–Crippen MR) is 72.5 cm³/mol. The van der Waals surface area contributed by atoms with Crippen molar-refractivity contribution in [2.45, 2.75) is 44.9 Å². The topological polar surface area (TPSA) is 44.5 Å². The van der Waals surface area contributed by atoms with E-state index in [2.05, 4.69) is 18.2 Å². The molecular weight excluding hydrogens is 226 g/mol. The minimum absolute atomic E-state index is 0.0148. The van der Waals surface area contributed by atoms with Gasteiger partial charge in [-0.15, -0.1) is 0 Å². The molecule has 1 aliphatic carbocycles. The predicted octanol–water partition coefficient (Wildman–Crippen LogP) is 2.44. The fourth-order valence-corrected chi connectivity index (χ4v) is 2.54. The van der Waals surface area contributed by atoms with Gasteiger partial charge in [-0.25, -0.2) is 0 Å². The fourth-order valence-electron chi connectivity index (χ4n) is 2.54. The third-order valence-electron chi connectivity index (χ3n) is 3.48. The Morgan fingerprint density at radius 1 is 1.39 bits per heavy atom. The maximum atomic E-state index is 6.30. The molecule has 0 spiro atoms. The average Bonchev–Trinajstić information content (AvgIpc) is 2.40. The Labute approximate surface area is 109 Å². The van der Waals surface area contributed by atoms with Crippen LogP contribution < -0.4 is 5.73 Å². The van der Waals surface area contributed by atoms with E-state index in [0.29, 0.717) is 6.61 Å². The molecule has 1 aliphatic rings. The maximum absolute atomic E-state index is 6.30. The van der Waals surface area contributed by atoms with Gasteiger partial charge >= 0.3 is 0 Å². The van der Waals surface area contributed by atoms with E-state index in [9.17, 15) is 0 Å². The van der Waals surface area contributed by atoms with Gasteiger partial charge in [0.15, 0.2) is 0 Å². The molecule has 0 aliphatic heterocycles. The Bertz CT molecular complexity index is 381. The van der Waals surface area contributed by atoms with Crippen LogP contribution in [0.15, 0.2) is 24.3 Å². The van der Waals surface area contributed by atoms with Crippen molar-refractivity contribution in [1.82, 2.24) is 0 Å². The number of hydrogen-bond acceptors (Lipinski definition) is 3. The molecular formula is C15H23NO2. The van der Waals surface area contributed by atoms with Crippen LogP contribution in [0.3, 0.4) is 0 Å². The lowest BCUT2D eigenvalue weighted by Crippen LogP contribution is -2.37. The van der Waals surface area contributed by atoms with Crippen molar-refractivity contribution in [2.24, 2.45) is 5.73 Å². The third-order valence-corrected chi connectivity index (χ3v) is 3.48. The second kappa shape index (κ2) is 6.32. The van der Waals surface area contributed by atoms with Crippen LogP contribution in [0, 0.1) is 0 Å². The number of ether oxygens (including phenoxy) is 2. The number of aryl methyl sites for hydroxylation is 1. The third kappa shape index (κ3) is 3.10. The normalized spacial score (nSPS) is 24.6. The number of rotatable bonds is 5. The molecule has 0 bridgehead atoms. The van der Waals surface area contributed by atoms with Gasteiger partial charge in [-0.2, -0.15) is 0 Å². The molecule has 0 fully saturated rings. The molecule has 1 aromatic rings. The molecule has 3 unspecified atom stereocenters. The average molecular weight is 249 g/mol. The molecule has 2 N–H and O–H groups in total. The van der Waals surface area contributed by atoms with Crippen molar-refractivity contribution in [3.63, 3.8) is 0 Å². The monoisotopic (exact) mass is 249 g/mol. The van der Waals surface area contributed by atoms with Crippen LogP contribution in [0.2, 0.25) is 0 Å². The summed E-state index contributed by atoms with van der Waals surface area (Å²) in [6.07, 6.45) is 2.26. The molecule has 0 aromatic heterocycles. The van der Waals surface area contributed by atoms with E-state index >= 15 is 0 Å². The first-order chi connectivity index (χ1) is 8.72. The van der Waals surface area contributed by atoms with Gasteiger partial charge in [-0.3, -0.25) is 0 Å². The number of fused-ring (bicyclic) bond motifs is 1. The van der Waals surface area contributed by atoms with E-state index in [1.165, 1.54) is 11.1 Å². The van der Waals surface area contributed by atoms with E-state index in [-0.39, 0.29) is 18.2 Å². The molecule has 0 heterocycles.